The lowest BCUT2D eigenvalue weighted by Crippen LogP contribution is -2.48. The van der Waals surface area contributed by atoms with E-state index in [-0.39, 0.29) is 23.8 Å². The van der Waals surface area contributed by atoms with Gasteiger partial charge in [0.2, 0.25) is 5.69 Å². The second-order valence-corrected chi connectivity index (χ2v) is 11.3. The summed E-state index contributed by atoms with van der Waals surface area (Å²) in [7, 11) is 0. The molecule has 2 heterocycles. The first kappa shape index (κ1) is 32.2. The zero-order valence-corrected chi connectivity index (χ0v) is 25.3. The molecule has 0 saturated carbocycles. The van der Waals surface area contributed by atoms with E-state index in [4.69, 9.17) is 5.11 Å². The van der Waals surface area contributed by atoms with Crippen molar-refractivity contribution < 1.29 is 23.8 Å². The van der Waals surface area contributed by atoms with E-state index in [0.29, 0.717) is 40.2 Å². The number of rotatable bonds is 11. The van der Waals surface area contributed by atoms with Crippen molar-refractivity contribution in [3.63, 3.8) is 0 Å². The fourth-order valence-electron chi connectivity index (χ4n) is 5.74. The lowest BCUT2D eigenvalue weighted by atomic mass is 9.98. The quantitative estimate of drug-likeness (QED) is 0.186. The average Bonchev–Trinajstić information content (AvgIpc) is 3.02. The SMILES string of the molecule is Cc1cc[n+]([O-])c(C)c1C(=O)NCCC(C)N1CCC(N(Cc2cc(C#N)ccc2F)c2ccc(C=CC(=O)O)cc2)CC1. The van der Waals surface area contributed by atoms with Crippen molar-refractivity contribution in [1.82, 2.24) is 10.2 Å². The van der Waals surface area contributed by atoms with Gasteiger partial charge in [0, 0.05) is 68.6 Å². The largest absolute Gasteiger partial charge is 0.618 e. The number of pyridine rings is 1. The fourth-order valence-corrected chi connectivity index (χ4v) is 5.74. The number of anilines is 1. The van der Waals surface area contributed by atoms with Crippen LogP contribution in [0.15, 0.2) is 60.8 Å². The maximum Gasteiger partial charge on any atom is 0.328 e. The maximum atomic E-state index is 14.8. The number of carboxylic acid groups (broad SMARTS) is 1. The molecule has 230 valence electrons. The van der Waals surface area contributed by atoms with Crippen molar-refractivity contribution in [2.45, 2.75) is 58.7 Å². The van der Waals surface area contributed by atoms with Crippen LogP contribution < -0.4 is 14.9 Å². The first-order chi connectivity index (χ1) is 21.1. The van der Waals surface area contributed by atoms with Crippen LogP contribution in [0.3, 0.4) is 0 Å². The summed E-state index contributed by atoms with van der Waals surface area (Å²) in [5.41, 5.74) is 4.03. The normalized spacial score (nSPS) is 14.7. The summed E-state index contributed by atoms with van der Waals surface area (Å²) in [4.78, 5) is 28.3. The average molecular weight is 600 g/mol. The summed E-state index contributed by atoms with van der Waals surface area (Å²) >= 11 is 0. The van der Waals surface area contributed by atoms with Gasteiger partial charge < -0.3 is 25.4 Å². The van der Waals surface area contributed by atoms with Gasteiger partial charge in [-0.05, 0) is 80.6 Å². The highest BCUT2D eigenvalue weighted by Crippen LogP contribution is 2.28. The molecule has 10 heteroatoms. The number of hydrogen-bond donors (Lipinski definition) is 2. The first-order valence-electron chi connectivity index (χ1n) is 14.7. The lowest BCUT2D eigenvalue weighted by molar-refractivity contribution is -0.612. The molecular formula is C34H38FN5O4. The van der Waals surface area contributed by atoms with Gasteiger partial charge in [-0.2, -0.15) is 9.99 Å². The molecule has 2 N–H and O–H groups in total. The molecule has 1 aliphatic rings. The molecule has 1 fully saturated rings. The van der Waals surface area contributed by atoms with Crippen LogP contribution in [-0.2, 0) is 11.3 Å². The number of likely N-dealkylation sites (tertiary alicyclic amines) is 1. The minimum Gasteiger partial charge on any atom is -0.618 e. The number of benzene rings is 2. The molecule has 2 aromatic carbocycles. The van der Waals surface area contributed by atoms with Gasteiger partial charge in [-0.1, -0.05) is 12.1 Å². The highest BCUT2D eigenvalue weighted by Gasteiger charge is 2.28. The number of nitrogens with one attached hydrogen (secondary N) is 1. The van der Waals surface area contributed by atoms with Crippen LogP contribution in [0, 0.1) is 36.2 Å². The number of aryl methyl sites for hydroxylation is 1. The van der Waals surface area contributed by atoms with Crippen LogP contribution in [0.1, 0.15) is 64.5 Å². The number of aliphatic carboxylic acids is 1. The molecule has 0 radical (unpaired) electrons. The highest BCUT2D eigenvalue weighted by molar-refractivity contribution is 5.96. The molecular weight excluding hydrogens is 561 g/mol. The third-order valence-corrected chi connectivity index (χ3v) is 8.34. The number of carbonyl (C=O) groups is 2. The van der Waals surface area contributed by atoms with E-state index < -0.39 is 5.97 Å². The smallest absolute Gasteiger partial charge is 0.328 e. The standard InChI is InChI=1S/C34H38FN5O4/c1-23-13-19-40(44)25(3)33(23)34(43)37-16-12-24(2)38-17-14-30(15-18-38)39(22-28-20-27(21-36)6-10-31(28)35)29-8-4-26(5-9-29)7-11-32(41)42/h4-11,13,19-20,24,30H,12,14-18,22H2,1-3H3,(H,37,43)(H,41,42). The second kappa shape index (κ2) is 14.6. The van der Waals surface area contributed by atoms with Gasteiger partial charge in [-0.15, -0.1) is 0 Å². The van der Waals surface area contributed by atoms with Crippen LogP contribution in [0.25, 0.3) is 6.08 Å². The molecule has 9 nitrogen and oxygen atoms in total. The van der Waals surface area contributed by atoms with Crippen LogP contribution in [0.4, 0.5) is 10.1 Å². The molecule has 0 spiro atoms. The van der Waals surface area contributed by atoms with E-state index in [0.717, 1.165) is 55.2 Å². The number of nitrogens with zero attached hydrogens (tertiary/aromatic N) is 4. The Balaban J connectivity index is 1.41. The second-order valence-electron chi connectivity index (χ2n) is 11.3. The Morgan fingerprint density at radius 2 is 1.91 bits per heavy atom. The van der Waals surface area contributed by atoms with Gasteiger partial charge in [0.25, 0.3) is 5.91 Å². The highest BCUT2D eigenvalue weighted by atomic mass is 19.1. The summed E-state index contributed by atoms with van der Waals surface area (Å²) in [5, 5.41) is 33.2. The molecule has 4 rings (SSSR count). The van der Waals surface area contributed by atoms with Crippen LogP contribution in [0.2, 0.25) is 0 Å². The van der Waals surface area contributed by atoms with E-state index in [1.165, 1.54) is 24.4 Å². The van der Waals surface area contributed by atoms with E-state index >= 15 is 0 Å². The third kappa shape index (κ3) is 7.99. The van der Waals surface area contributed by atoms with Crippen LogP contribution in [0.5, 0.6) is 0 Å². The zero-order chi connectivity index (χ0) is 31.8. The fraction of sp³-hybridized carbons (Fsp3) is 0.353. The van der Waals surface area contributed by atoms with Gasteiger partial charge in [0.15, 0.2) is 6.20 Å². The summed E-state index contributed by atoms with van der Waals surface area (Å²) < 4.78 is 15.6. The Kier molecular flexibility index (Phi) is 10.7. The Labute approximate surface area is 257 Å². The molecule has 1 aromatic heterocycles. The van der Waals surface area contributed by atoms with E-state index in [1.807, 2.05) is 31.2 Å². The number of piperidine rings is 1. The monoisotopic (exact) mass is 599 g/mol. The number of aromatic nitrogens is 1. The Morgan fingerprint density at radius 1 is 1.20 bits per heavy atom. The molecule has 1 unspecified atom stereocenters. The van der Waals surface area contributed by atoms with Crippen LogP contribution >= 0.6 is 0 Å². The predicted molar refractivity (Wildman–Crippen MR) is 166 cm³/mol. The van der Waals surface area contributed by atoms with Crippen molar-refractivity contribution in [2.75, 3.05) is 24.5 Å². The zero-order valence-electron chi connectivity index (χ0n) is 25.3. The topological polar surface area (TPSA) is 124 Å². The Morgan fingerprint density at radius 3 is 2.57 bits per heavy atom. The number of nitriles is 1. The summed E-state index contributed by atoms with van der Waals surface area (Å²) in [6.45, 7) is 8.02. The van der Waals surface area contributed by atoms with Gasteiger partial charge in [-0.25, -0.2) is 9.18 Å². The molecule has 0 aliphatic carbocycles. The van der Waals surface area contributed by atoms with E-state index in [9.17, 15) is 24.4 Å². The summed E-state index contributed by atoms with van der Waals surface area (Å²) in [5.74, 6) is -1.64. The molecule has 1 amide bonds. The van der Waals surface area contributed by atoms with Gasteiger partial charge in [0.05, 0.1) is 11.6 Å². The first-order valence-corrected chi connectivity index (χ1v) is 14.7. The van der Waals surface area contributed by atoms with Gasteiger partial charge in [0.1, 0.15) is 11.4 Å². The summed E-state index contributed by atoms with van der Waals surface area (Å²) in [6, 6.07) is 16.0. The molecule has 0 bridgehead atoms. The predicted octanol–water partition coefficient (Wildman–Crippen LogP) is 4.73. The van der Waals surface area contributed by atoms with E-state index in [1.54, 1.807) is 19.1 Å². The molecule has 1 aliphatic heterocycles. The van der Waals surface area contributed by atoms with Gasteiger partial charge in [-0.3, -0.25) is 4.79 Å². The molecule has 1 atom stereocenters. The molecule has 3 aromatic rings. The van der Waals surface area contributed by atoms with Crippen molar-refractivity contribution in [3.8, 4) is 6.07 Å². The third-order valence-electron chi connectivity index (χ3n) is 8.34. The van der Waals surface area contributed by atoms with Gasteiger partial charge >= 0.3 is 5.97 Å². The number of carbonyl (C=O) groups excluding carboxylic acids is 1. The minimum atomic E-state index is -1.02. The van der Waals surface area contributed by atoms with Crippen molar-refractivity contribution in [2.24, 2.45) is 0 Å². The summed E-state index contributed by atoms with van der Waals surface area (Å²) in [6.07, 6.45) is 6.44. The lowest BCUT2D eigenvalue weighted by Gasteiger charge is -2.42. The Hall–Kier alpha value is -4.75. The number of hydrogen-bond acceptors (Lipinski definition) is 6. The molecule has 44 heavy (non-hydrogen) atoms. The van der Waals surface area contributed by atoms with Crippen molar-refractivity contribution in [1.29, 1.82) is 5.26 Å². The van der Waals surface area contributed by atoms with E-state index in [2.05, 4.69) is 28.1 Å². The minimum absolute atomic E-state index is 0.117. The number of carboxylic acids is 1. The Bertz CT molecular complexity index is 1560. The van der Waals surface area contributed by atoms with Crippen molar-refractivity contribution >= 4 is 23.6 Å². The van der Waals surface area contributed by atoms with Crippen molar-refractivity contribution in [3.05, 3.63) is 105 Å². The number of amides is 1. The number of halogens is 1. The van der Waals surface area contributed by atoms with Crippen LogP contribution in [-0.4, -0.2) is 53.6 Å². The maximum absolute atomic E-state index is 14.8. The molecule has 1 saturated heterocycles.